The third kappa shape index (κ3) is 4.13. The van der Waals surface area contributed by atoms with E-state index < -0.39 is 5.97 Å². The van der Waals surface area contributed by atoms with Gasteiger partial charge in [-0.2, -0.15) is 0 Å². The fourth-order valence-corrected chi connectivity index (χ4v) is 1.66. The molecule has 0 unspecified atom stereocenters. The lowest BCUT2D eigenvalue weighted by Gasteiger charge is -2.19. The maximum atomic E-state index is 10.7. The van der Waals surface area contributed by atoms with Gasteiger partial charge in [0.15, 0.2) is 0 Å². The van der Waals surface area contributed by atoms with Crippen LogP contribution < -0.4 is 0 Å². The Morgan fingerprint density at radius 1 is 1.33 bits per heavy atom. The zero-order valence-electron chi connectivity index (χ0n) is 9.18. The smallest absolute Gasteiger partial charge is 0.304 e. The van der Waals surface area contributed by atoms with E-state index in [-0.39, 0.29) is 12.3 Å². The van der Waals surface area contributed by atoms with Crippen molar-refractivity contribution >= 4 is 5.97 Å². The van der Waals surface area contributed by atoms with E-state index in [0.717, 1.165) is 12.1 Å². The fraction of sp³-hybridized carbons (Fsp3) is 0.417. The number of carbonyl (C=O) groups is 1. The zero-order chi connectivity index (χ0) is 11.3. The van der Waals surface area contributed by atoms with Gasteiger partial charge in [0, 0.05) is 12.5 Å². The quantitative estimate of drug-likeness (QED) is 0.800. The minimum absolute atomic E-state index is 0.0682. The van der Waals surface area contributed by atoms with E-state index in [0.29, 0.717) is 0 Å². The summed E-state index contributed by atoms with van der Waals surface area (Å²) in [5, 5.41) is 8.84. The molecule has 3 nitrogen and oxygen atoms in total. The summed E-state index contributed by atoms with van der Waals surface area (Å²) < 4.78 is 0. The normalized spacial score (nSPS) is 12.7. The standard InChI is InChI=1S/C12H17NO2/c1-13(2)9-11(8-12(14)15)10-6-4-3-5-7-10/h3-7,11H,8-9H2,1-2H3,(H,14,15)/t11-/m0/s1. The van der Waals surface area contributed by atoms with Gasteiger partial charge in [-0.05, 0) is 19.7 Å². The van der Waals surface area contributed by atoms with Gasteiger partial charge in [0.2, 0.25) is 0 Å². The molecule has 1 aromatic carbocycles. The number of aliphatic carboxylic acids is 1. The number of carboxylic acids is 1. The molecule has 0 saturated heterocycles. The van der Waals surface area contributed by atoms with Gasteiger partial charge in [0.25, 0.3) is 0 Å². The molecule has 0 radical (unpaired) electrons. The van der Waals surface area contributed by atoms with Gasteiger partial charge in [-0.15, -0.1) is 0 Å². The highest BCUT2D eigenvalue weighted by atomic mass is 16.4. The van der Waals surface area contributed by atoms with Crippen LogP contribution in [0.1, 0.15) is 17.9 Å². The molecule has 1 aromatic rings. The summed E-state index contributed by atoms with van der Waals surface area (Å²) in [5.41, 5.74) is 1.09. The molecule has 0 fully saturated rings. The Kier molecular flexibility index (Phi) is 4.31. The maximum absolute atomic E-state index is 10.7. The first kappa shape index (κ1) is 11.7. The summed E-state index contributed by atoms with van der Waals surface area (Å²) in [7, 11) is 3.91. The molecule has 82 valence electrons. The Bertz CT molecular complexity index is 309. The van der Waals surface area contributed by atoms with Crippen molar-refractivity contribution in [3.05, 3.63) is 35.9 Å². The third-order valence-corrected chi connectivity index (χ3v) is 2.28. The first-order valence-electron chi connectivity index (χ1n) is 5.01. The number of nitrogens with zero attached hydrogens (tertiary/aromatic N) is 1. The molecular formula is C12H17NO2. The van der Waals surface area contributed by atoms with Crippen molar-refractivity contribution in [2.45, 2.75) is 12.3 Å². The summed E-state index contributed by atoms with van der Waals surface area (Å²) in [4.78, 5) is 12.8. The zero-order valence-corrected chi connectivity index (χ0v) is 9.18. The number of benzene rings is 1. The van der Waals surface area contributed by atoms with Crippen molar-refractivity contribution in [3.8, 4) is 0 Å². The Labute approximate surface area is 90.3 Å². The highest BCUT2D eigenvalue weighted by molar-refractivity contribution is 5.68. The van der Waals surface area contributed by atoms with Crippen molar-refractivity contribution in [2.24, 2.45) is 0 Å². The van der Waals surface area contributed by atoms with E-state index in [1.807, 2.05) is 49.3 Å². The fourth-order valence-electron chi connectivity index (χ4n) is 1.66. The van der Waals surface area contributed by atoms with Gasteiger partial charge >= 0.3 is 5.97 Å². The predicted octanol–water partition coefficient (Wildman–Crippen LogP) is 1.81. The molecule has 1 atom stereocenters. The number of carboxylic acid groups (broad SMARTS) is 1. The van der Waals surface area contributed by atoms with Crippen LogP contribution in [0, 0.1) is 0 Å². The SMILES string of the molecule is CN(C)C[C@H](CC(=O)O)c1ccccc1. The minimum atomic E-state index is -0.745. The molecular weight excluding hydrogens is 190 g/mol. The Morgan fingerprint density at radius 2 is 1.93 bits per heavy atom. The van der Waals surface area contributed by atoms with Crippen LogP contribution in [-0.4, -0.2) is 36.6 Å². The second-order valence-corrected chi connectivity index (χ2v) is 3.97. The van der Waals surface area contributed by atoms with E-state index in [2.05, 4.69) is 0 Å². The molecule has 3 heteroatoms. The average Bonchev–Trinajstić information content (AvgIpc) is 2.17. The predicted molar refractivity (Wildman–Crippen MR) is 60.0 cm³/mol. The van der Waals surface area contributed by atoms with E-state index >= 15 is 0 Å². The largest absolute Gasteiger partial charge is 0.481 e. The molecule has 0 amide bonds. The Morgan fingerprint density at radius 3 is 2.40 bits per heavy atom. The van der Waals surface area contributed by atoms with Crippen LogP contribution in [-0.2, 0) is 4.79 Å². The molecule has 0 aliphatic carbocycles. The molecule has 1 N–H and O–H groups in total. The summed E-state index contributed by atoms with van der Waals surface area (Å²) >= 11 is 0. The highest BCUT2D eigenvalue weighted by Gasteiger charge is 2.15. The third-order valence-electron chi connectivity index (χ3n) is 2.28. The number of rotatable bonds is 5. The molecule has 0 heterocycles. The number of hydrogen-bond acceptors (Lipinski definition) is 2. The number of hydrogen-bond donors (Lipinski definition) is 1. The van der Waals surface area contributed by atoms with E-state index in [1.54, 1.807) is 0 Å². The summed E-state index contributed by atoms with van der Waals surface area (Å²) in [6, 6.07) is 9.80. The lowest BCUT2D eigenvalue weighted by molar-refractivity contribution is -0.137. The lowest BCUT2D eigenvalue weighted by Crippen LogP contribution is -2.22. The minimum Gasteiger partial charge on any atom is -0.481 e. The molecule has 0 spiro atoms. The highest BCUT2D eigenvalue weighted by Crippen LogP contribution is 2.19. The average molecular weight is 207 g/mol. The van der Waals surface area contributed by atoms with Crippen LogP contribution in [0.4, 0.5) is 0 Å². The van der Waals surface area contributed by atoms with Gasteiger partial charge in [-0.25, -0.2) is 0 Å². The first-order valence-corrected chi connectivity index (χ1v) is 5.01. The van der Waals surface area contributed by atoms with Crippen molar-refractivity contribution in [3.63, 3.8) is 0 Å². The van der Waals surface area contributed by atoms with Gasteiger partial charge in [-0.1, -0.05) is 30.3 Å². The summed E-state index contributed by atoms with van der Waals surface area (Å²) in [6.07, 6.45) is 0.183. The van der Waals surface area contributed by atoms with Gasteiger partial charge in [0.05, 0.1) is 6.42 Å². The van der Waals surface area contributed by atoms with Crippen LogP contribution >= 0.6 is 0 Å². The second kappa shape index (κ2) is 5.51. The van der Waals surface area contributed by atoms with Crippen molar-refractivity contribution in [2.75, 3.05) is 20.6 Å². The summed E-state index contributed by atoms with van der Waals surface area (Å²) in [6.45, 7) is 0.760. The molecule has 0 aromatic heterocycles. The molecule has 0 aliphatic heterocycles. The van der Waals surface area contributed by atoms with Crippen molar-refractivity contribution in [1.82, 2.24) is 4.90 Å². The molecule has 0 bridgehead atoms. The van der Waals surface area contributed by atoms with Crippen LogP contribution in [0.5, 0.6) is 0 Å². The topological polar surface area (TPSA) is 40.5 Å². The molecule has 1 rings (SSSR count). The van der Waals surface area contributed by atoms with E-state index in [1.165, 1.54) is 0 Å². The first-order chi connectivity index (χ1) is 7.09. The summed E-state index contributed by atoms with van der Waals surface area (Å²) in [5.74, 6) is -0.676. The lowest BCUT2D eigenvalue weighted by atomic mass is 9.95. The van der Waals surface area contributed by atoms with Crippen LogP contribution in [0.2, 0.25) is 0 Å². The van der Waals surface area contributed by atoms with Crippen molar-refractivity contribution < 1.29 is 9.90 Å². The van der Waals surface area contributed by atoms with Gasteiger partial charge < -0.3 is 10.0 Å². The maximum Gasteiger partial charge on any atom is 0.304 e. The van der Waals surface area contributed by atoms with Gasteiger partial charge in [0.1, 0.15) is 0 Å². The Balaban J connectivity index is 2.76. The molecule has 15 heavy (non-hydrogen) atoms. The van der Waals surface area contributed by atoms with Gasteiger partial charge in [-0.3, -0.25) is 4.79 Å². The number of likely N-dealkylation sites (N-methyl/N-ethyl adjacent to an activating group) is 1. The second-order valence-electron chi connectivity index (χ2n) is 3.97. The van der Waals surface area contributed by atoms with Crippen LogP contribution in [0.15, 0.2) is 30.3 Å². The molecule has 0 saturated carbocycles. The van der Waals surface area contributed by atoms with Crippen molar-refractivity contribution in [1.29, 1.82) is 0 Å². The van der Waals surface area contributed by atoms with E-state index in [9.17, 15) is 4.79 Å². The van der Waals surface area contributed by atoms with Crippen LogP contribution in [0.3, 0.4) is 0 Å². The van der Waals surface area contributed by atoms with E-state index in [4.69, 9.17) is 5.11 Å². The monoisotopic (exact) mass is 207 g/mol. The Hall–Kier alpha value is -1.35. The van der Waals surface area contributed by atoms with Crippen LogP contribution in [0.25, 0.3) is 0 Å². The molecule has 0 aliphatic rings.